The molecule has 0 saturated carbocycles. The van der Waals surface area contributed by atoms with Crippen LogP contribution < -0.4 is 0 Å². The number of allylic oxidation sites excluding steroid dienone is 2. The Morgan fingerprint density at radius 3 is 2.18 bits per heavy atom. The molecule has 0 nitrogen and oxygen atoms in total. The van der Waals surface area contributed by atoms with Crippen LogP contribution >= 0.6 is 79.6 Å². The van der Waals surface area contributed by atoms with E-state index in [1.54, 1.807) is 0 Å². The third kappa shape index (κ3) is 1.75. The lowest BCUT2D eigenvalue weighted by Crippen LogP contribution is -2.45. The van der Waals surface area contributed by atoms with Crippen LogP contribution in [0.3, 0.4) is 0 Å². The lowest BCUT2D eigenvalue weighted by Gasteiger charge is -2.50. The van der Waals surface area contributed by atoms with Crippen molar-refractivity contribution < 1.29 is 0 Å². The summed E-state index contributed by atoms with van der Waals surface area (Å²) < 4.78 is 2.33. The van der Waals surface area contributed by atoms with Gasteiger partial charge in [-0.2, -0.15) is 0 Å². The molecule has 17 heavy (non-hydrogen) atoms. The second-order valence-corrected chi connectivity index (χ2v) is 10.7. The van der Waals surface area contributed by atoms with E-state index in [-0.39, 0.29) is 9.15 Å². The van der Waals surface area contributed by atoms with Crippen LogP contribution in [0.5, 0.6) is 0 Å². The monoisotopic (exact) mass is 546 g/mol. The van der Waals surface area contributed by atoms with Crippen molar-refractivity contribution >= 4 is 79.6 Å². The van der Waals surface area contributed by atoms with Crippen molar-refractivity contribution in [2.45, 2.75) is 19.9 Å². The fourth-order valence-corrected chi connectivity index (χ4v) is 7.52. The Balaban J connectivity index is 2.32. The average molecular weight is 551 g/mol. The van der Waals surface area contributed by atoms with E-state index in [4.69, 9.17) is 0 Å². The maximum atomic E-state index is 3.84. The van der Waals surface area contributed by atoms with Crippen molar-refractivity contribution in [3.8, 4) is 0 Å². The predicted octanol–water partition coefficient (Wildman–Crippen LogP) is 6.13. The molecular weight excluding hydrogens is 544 g/mol. The minimum absolute atomic E-state index is 0.144. The number of benzene rings is 1. The Hall–Kier alpha value is 1.36. The van der Waals surface area contributed by atoms with Crippen molar-refractivity contribution in [2.75, 3.05) is 0 Å². The summed E-state index contributed by atoms with van der Waals surface area (Å²) in [5.41, 5.74) is 2.79. The summed E-state index contributed by atoms with van der Waals surface area (Å²) in [6.07, 6.45) is 0. The summed E-state index contributed by atoms with van der Waals surface area (Å²) in [6.45, 7) is 0. The first kappa shape index (κ1) is 13.3. The number of hydrogen-bond acceptors (Lipinski definition) is 0. The SMILES string of the molecule is BrC1=C(Br)[C@H]2c3ccccc3[C@@H]1[C@@H](Br)C2(Br)Br. The van der Waals surface area contributed by atoms with Gasteiger partial charge in [0.2, 0.25) is 0 Å². The molecule has 1 aromatic carbocycles. The second kappa shape index (κ2) is 4.44. The molecule has 0 unspecified atom stereocenters. The molecule has 0 aromatic heterocycles. The van der Waals surface area contributed by atoms with Crippen LogP contribution in [0.4, 0.5) is 0 Å². The van der Waals surface area contributed by atoms with Crippen LogP contribution in [0.15, 0.2) is 33.2 Å². The zero-order valence-electron chi connectivity index (χ0n) is 8.43. The van der Waals surface area contributed by atoms with Gasteiger partial charge in [-0.3, -0.25) is 0 Å². The van der Waals surface area contributed by atoms with Gasteiger partial charge in [-0.1, -0.05) is 104 Å². The van der Waals surface area contributed by atoms with Crippen LogP contribution in [-0.4, -0.2) is 8.06 Å². The summed E-state index contributed by atoms with van der Waals surface area (Å²) in [6, 6.07) is 8.64. The van der Waals surface area contributed by atoms with Gasteiger partial charge < -0.3 is 0 Å². The molecule has 0 radical (unpaired) electrons. The molecular formula is C12H7Br5. The maximum absolute atomic E-state index is 3.84. The molecule has 0 amide bonds. The quantitative estimate of drug-likeness (QED) is 0.341. The highest BCUT2D eigenvalue weighted by molar-refractivity contribution is 9.26. The number of rotatable bonds is 0. The molecule has 0 heterocycles. The lowest BCUT2D eigenvalue weighted by atomic mass is 9.71. The molecule has 1 aromatic rings. The maximum Gasteiger partial charge on any atom is 0.105 e. The van der Waals surface area contributed by atoms with Gasteiger partial charge in [0.1, 0.15) is 3.23 Å². The summed E-state index contributed by atoms with van der Waals surface area (Å²) in [5.74, 6) is 0.617. The van der Waals surface area contributed by atoms with E-state index in [1.165, 1.54) is 20.1 Å². The second-order valence-electron chi connectivity index (χ2n) is 4.31. The third-order valence-electron chi connectivity index (χ3n) is 3.44. The van der Waals surface area contributed by atoms with E-state index in [1.807, 2.05) is 0 Å². The number of hydrogen-bond donors (Lipinski definition) is 0. The fraction of sp³-hybridized carbons (Fsp3) is 0.333. The average Bonchev–Trinajstić information content (AvgIpc) is 2.28. The molecule has 0 aliphatic heterocycles. The van der Waals surface area contributed by atoms with E-state index < -0.39 is 0 Å². The van der Waals surface area contributed by atoms with Crippen LogP contribution in [0.2, 0.25) is 0 Å². The van der Waals surface area contributed by atoms with Crippen molar-refractivity contribution in [1.29, 1.82) is 0 Å². The Morgan fingerprint density at radius 1 is 0.941 bits per heavy atom. The van der Waals surface area contributed by atoms with E-state index in [0.29, 0.717) is 10.7 Å². The highest BCUT2D eigenvalue weighted by Gasteiger charge is 2.56. The Labute approximate surface area is 142 Å². The topological polar surface area (TPSA) is 0 Å². The molecule has 0 fully saturated rings. The molecule has 3 atom stereocenters. The van der Waals surface area contributed by atoms with Crippen LogP contribution in [0.25, 0.3) is 0 Å². The minimum Gasteiger partial charge on any atom is -0.0855 e. The molecule has 0 N–H and O–H groups in total. The number of halogens is 5. The van der Waals surface area contributed by atoms with E-state index >= 15 is 0 Å². The number of fused-ring (bicyclic) bond motifs is 1. The fourth-order valence-electron chi connectivity index (χ4n) is 2.66. The third-order valence-corrected chi connectivity index (χ3v) is 10.2. The highest BCUT2D eigenvalue weighted by Crippen LogP contribution is 2.66. The summed E-state index contributed by atoms with van der Waals surface area (Å²) in [5, 5.41) is 0. The Morgan fingerprint density at radius 2 is 1.53 bits per heavy atom. The van der Waals surface area contributed by atoms with E-state index in [9.17, 15) is 0 Å². The van der Waals surface area contributed by atoms with Gasteiger partial charge in [-0.25, -0.2) is 0 Å². The zero-order valence-corrected chi connectivity index (χ0v) is 16.4. The molecule has 3 aliphatic carbocycles. The van der Waals surface area contributed by atoms with Crippen LogP contribution in [0.1, 0.15) is 23.0 Å². The van der Waals surface area contributed by atoms with Gasteiger partial charge in [0.15, 0.2) is 0 Å². The van der Waals surface area contributed by atoms with Gasteiger partial charge >= 0.3 is 0 Å². The van der Waals surface area contributed by atoms with Gasteiger partial charge in [0, 0.05) is 20.8 Å². The van der Waals surface area contributed by atoms with Gasteiger partial charge in [-0.15, -0.1) is 0 Å². The summed E-state index contributed by atoms with van der Waals surface area (Å²) >= 11 is 19.0. The van der Waals surface area contributed by atoms with Crippen molar-refractivity contribution in [1.82, 2.24) is 0 Å². The Kier molecular flexibility index (Phi) is 3.48. The number of alkyl halides is 3. The first-order valence-corrected chi connectivity index (χ1v) is 9.20. The van der Waals surface area contributed by atoms with Gasteiger partial charge in [-0.05, 0) is 11.1 Å². The smallest absolute Gasteiger partial charge is 0.0855 e. The molecule has 2 bridgehead atoms. The van der Waals surface area contributed by atoms with E-state index in [0.717, 1.165) is 0 Å². The van der Waals surface area contributed by atoms with Crippen molar-refractivity contribution in [3.63, 3.8) is 0 Å². The van der Waals surface area contributed by atoms with Gasteiger partial charge in [0.05, 0.1) is 4.83 Å². The molecule has 0 saturated heterocycles. The van der Waals surface area contributed by atoms with Crippen LogP contribution in [0, 0.1) is 0 Å². The standard InChI is InChI=1S/C12H7Br5/c13-9-7-5-3-1-2-4-6(5)8(10(9)14)12(16,17)11(7)15/h1-4,7-8,11H/t7-,8+,11+/m0/s1. The summed E-state index contributed by atoms with van der Waals surface area (Å²) in [7, 11) is 0. The summed E-state index contributed by atoms with van der Waals surface area (Å²) in [4.78, 5) is 0.311. The lowest BCUT2D eigenvalue weighted by molar-refractivity contribution is 0.563. The van der Waals surface area contributed by atoms with Gasteiger partial charge in [0.25, 0.3) is 0 Å². The predicted molar refractivity (Wildman–Crippen MR) is 90.1 cm³/mol. The molecule has 3 aliphatic rings. The van der Waals surface area contributed by atoms with Crippen molar-refractivity contribution in [2.24, 2.45) is 0 Å². The largest absolute Gasteiger partial charge is 0.105 e. The first-order chi connectivity index (χ1) is 7.96. The Bertz CT molecular complexity index is 519. The highest BCUT2D eigenvalue weighted by atomic mass is 79.9. The molecule has 90 valence electrons. The molecule has 5 heteroatoms. The molecule has 4 rings (SSSR count). The van der Waals surface area contributed by atoms with E-state index in [2.05, 4.69) is 104 Å². The van der Waals surface area contributed by atoms with Crippen LogP contribution in [-0.2, 0) is 0 Å². The minimum atomic E-state index is -0.144. The normalized spacial score (nSPS) is 33.8. The zero-order chi connectivity index (χ0) is 12.4. The van der Waals surface area contributed by atoms with Crippen molar-refractivity contribution in [3.05, 3.63) is 44.4 Å². The first-order valence-electron chi connectivity index (χ1n) is 5.12. The molecule has 0 spiro atoms.